The van der Waals surface area contributed by atoms with Crippen molar-refractivity contribution in [2.24, 2.45) is 63.4 Å². The molecule has 0 aromatic heterocycles. The second-order valence-electron chi connectivity index (χ2n) is 26.4. The predicted octanol–water partition coefficient (Wildman–Crippen LogP) is -11.3. The third-order valence-corrected chi connectivity index (χ3v) is 26.8. The molecule has 5 rings (SSSR count). The SMILES string of the molecule is CCN(CC)S(=O)(=O)N1C[C@H](CCCB(O)O)[C@](N)(C(=O)O)C1.CCNS(=O)(=O)N1C[C@H](CCCB(O)O)[C@](N)(C(=O)O)C1.CN(C)S(=O)(=O)N1C[C@H](CCCB(O)O)[C@](N)(C(=O)O)C1.CNS(=O)(=O)N1C[C@H](CCCB(O)O)[C@](N)(C(=O)O)C1.N[C@@]1(C(=O)O)CN(S(N)(=O)=O)C[C@@H]1CCCB(O)O. The molecule has 0 spiro atoms. The molecule has 0 amide bonds. The fourth-order valence-electron chi connectivity index (χ4n) is 12.4. The van der Waals surface area contributed by atoms with Crippen molar-refractivity contribution in [1.29, 1.82) is 0 Å². The Hall–Kier alpha value is -3.58. The molecule has 0 aliphatic carbocycles. The van der Waals surface area contributed by atoms with Gasteiger partial charge >= 0.3 is 65.4 Å². The van der Waals surface area contributed by atoms with Gasteiger partial charge in [-0.05, 0) is 63.7 Å². The zero-order chi connectivity index (χ0) is 80.9. The van der Waals surface area contributed by atoms with Crippen molar-refractivity contribution >= 4 is 116 Å². The molecule has 0 bridgehead atoms. The van der Waals surface area contributed by atoms with Crippen LogP contribution in [-0.4, -0.2) is 347 Å². The van der Waals surface area contributed by atoms with Crippen LogP contribution in [0, 0.1) is 29.6 Å². The number of hydrogen-bond acceptors (Lipinski definition) is 30. The number of aliphatic carboxylic acids is 5. The highest BCUT2D eigenvalue weighted by molar-refractivity contribution is 7.88. The Morgan fingerprint density at radius 3 is 0.837 bits per heavy atom. The van der Waals surface area contributed by atoms with Crippen LogP contribution in [0.15, 0.2) is 0 Å². The Kier molecular flexibility index (Phi) is 39.2. The largest absolute Gasteiger partial charge is 0.480 e. The lowest BCUT2D eigenvalue weighted by Crippen LogP contribution is -2.55. The highest BCUT2D eigenvalue weighted by Crippen LogP contribution is 2.37. The van der Waals surface area contributed by atoms with Gasteiger partial charge < -0.3 is 104 Å². The van der Waals surface area contributed by atoms with Gasteiger partial charge in [-0.15, -0.1) is 0 Å². The van der Waals surface area contributed by atoms with Crippen LogP contribution < -0.4 is 43.3 Å². The summed E-state index contributed by atoms with van der Waals surface area (Å²) < 4.78 is 131. The van der Waals surface area contributed by atoms with E-state index >= 15 is 0 Å². The van der Waals surface area contributed by atoms with Gasteiger partial charge in [0.1, 0.15) is 27.7 Å². The quantitative estimate of drug-likeness (QED) is 0.0257. The van der Waals surface area contributed by atoms with E-state index < -0.39 is 174 Å². The van der Waals surface area contributed by atoms with E-state index in [4.69, 9.17) is 89.2 Å². The molecule has 104 heavy (non-hydrogen) atoms. The molecule has 55 heteroatoms. The van der Waals surface area contributed by atoms with Crippen LogP contribution in [-0.2, 0) is 75.0 Å². The first kappa shape index (κ1) is 98.4. The molecule has 5 aliphatic heterocycles. The van der Waals surface area contributed by atoms with Crippen LogP contribution in [0.1, 0.15) is 85.0 Å². The van der Waals surface area contributed by atoms with E-state index in [0.29, 0.717) is 70.9 Å². The van der Waals surface area contributed by atoms with Crippen molar-refractivity contribution in [3.05, 3.63) is 0 Å². The lowest BCUT2D eigenvalue weighted by Gasteiger charge is -2.26. The number of rotatable bonds is 37. The lowest BCUT2D eigenvalue weighted by molar-refractivity contribution is -0.145. The van der Waals surface area contributed by atoms with E-state index in [1.807, 2.05) is 0 Å². The number of nitrogens with two attached hydrogens (primary N) is 6. The summed E-state index contributed by atoms with van der Waals surface area (Å²) in [6, 6.07) is 0. The standard InChI is InChI=1S/C12H26BN3O6S.2C10H22BN3O6S.C9H20BN3O6S.C8H18BN3O6S/c1-3-15(4-2)23(21,22)16-8-10(6-5-7-13(19)20)12(14,9-16)11(17)18;1-13(2)21(19,20)14-6-8(4-3-5-11(17)18)10(12,7-14)9(15)16;1-2-13-21(19,20)14-6-8(4-3-5-11(17)18)10(12,7-14)9(15)16;1-12-20(18,19)13-5-7(3-2-4-10(16)17)9(11,6-13)8(14)15;10-8(7(13)14)5-12(19(11,17)18)4-6(8)2-1-3-9(15)16/h10,19-20H,3-9,14H2,1-2H3,(H,17,18);8,17-18H,3-7,12H2,1-2H3,(H,15,16);8,13,17-18H,2-7,12H2,1H3,(H,15,16);7,12,16-17H,2-6,11H2,1H3,(H,14,15);6,15-16H,1-5,10H2,(H,13,14)(H2,11,17,18)/t10-,12-;2*8-,10-;7-,9-;6-,8-/m00000/s1. The summed E-state index contributed by atoms with van der Waals surface area (Å²) in [5, 5.41) is 139. The Morgan fingerprint density at radius 2 is 0.625 bits per heavy atom. The Bertz CT molecular complexity index is 3380. The Labute approximate surface area is 608 Å². The summed E-state index contributed by atoms with van der Waals surface area (Å²) in [5.74, 6) is -9.27. The summed E-state index contributed by atoms with van der Waals surface area (Å²) >= 11 is 0. The van der Waals surface area contributed by atoms with Gasteiger partial charge in [0.2, 0.25) is 0 Å². The molecular weight excluding hydrogens is 1490 g/mol. The van der Waals surface area contributed by atoms with E-state index in [1.165, 1.54) is 25.4 Å². The second kappa shape index (κ2) is 41.5. The molecule has 45 nitrogen and oxygen atoms in total. The van der Waals surface area contributed by atoms with Crippen molar-refractivity contribution in [2.45, 2.75) is 144 Å². The van der Waals surface area contributed by atoms with E-state index in [1.54, 1.807) is 20.8 Å². The molecule has 5 saturated heterocycles. The van der Waals surface area contributed by atoms with Gasteiger partial charge in [0, 0.05) is 136 Å². The third-order valence-electron chi connectivity index (χ3n) is 18.8. The van der Waals surface area contributed by atoms with Crippen molar-refractivity contribution in [3.8, 4) is 0 Å². The topological polar surface area (TPSA) is 762 Å². The van der Waals surface area contributed by atoms with Crippen LogP contribution in [0.25, 0.3) is 0 Å². The minimum absolute atomic E-state index is 0.000340. The summed E-state index contributed by atoms with van der Waals surface area (Å²) in [7, 11) is -22.3. The molecule has 0 radical (unpaired) electrons. The van der Waals surface area contributed by atoms with Crippen LogP contribution in [0.2, 0.25) is 31.6 Å². The molecule has 10 atom stereocenters. The van der Waals surface area contributed by atoms with Crippen molar-refractivity contribution in [3.63, 3.8) is 0 Å². The fraction of sp³-hybridized carbons (Fsp3) is 0.898. The van der Waals surface area contributed by atoms with Crippen LogP contribution in [0.5, 0.6) is 0 Å². The summed E-state index contributed by atoms with van der Waals surface area (Å²) in [6.07, 6.45) is 3.66. The molecule has 0 saturated carbocycles. The number of nitrogens with one attached hydrogen (secondary N) is 2. The minimum atomic E-state index is -3.99. The number of nitrogens with zero attached hydrogens (tertiary/aromatic N) is 7. The molecule has 29 N–H and O–H groups in total. The van der Waals surface area contributed by atoms with Crippen molar-refractivity contribution in [2.75, 3.05) is 106 Å². The third kappa shape index (κ3) is 27.5. The Morgan fingerprint density at radius 1 is 0.404 bits per heavy atom. The number of carboxylic acids is 5. The molecule has 5 fully saturated rings. The van der Waals surface area contributed by atoms with Crippen LogP contribution in [0.3, 0.4) is 0 Å². The van der Waals surface area contributed by atoms with Gasteiger partial charge in [-0.2, -0.15) is 72.2 Å². The average molecular weight is 1600 g/mol. The molecule has 0 aromatic rings. The maximum absolute atomic E-state index is 12.6. The van der Waals surface area contributed by atoms with Gasteiger partial charge in [0.15, 0.2) is 0 Å². The second-order valence-corrected chi connectivity index (χ2v) is 35.6. The van der Waals surface area contributed by atoms with Gasteiger partial charge in [-0.1, -0.05) is 52.9 Å². The normalized spacial score (nSPS) is 27.2. The summed E-state index contributed by atoms with van der Waals surface area (Å²) in [6.45, 7) is 4.20. The highest BCUT2D eigenvalue weighted by Gasteiger charge is 2.57. The highest BCUT2D eigenvalue weighted by atomic mass is 32.2. The Balaban J connectivity index is 0.000000651. The van der Waals surface area contributed by atoms with Crippen molar-refractivity contribution in [1.82, 2.24) is 39.6 Å². The smallest absolute Gasteiger partial charge is 0.451 e. The molecule has 5 heterocycles. The molecule has 0 unspecified atom stereocenters. The lowest BCUT2D eigenvalue weighted by atomic mass is 9.78. The minimum Gasteiger partial charge on any atom is -0.480 e. The van der Waals surface area contributed by atoms with E-state index in [-0.39, 0.29) is 110 Å². The van der Waals surface area contributed by atoms with Gasteiger partial charge in [0.25, 0.3) is 51.0 Å². The number of carbonyl (C=O) groups is 5. The van der Waals surface area contributed by atoms with Gasteiger partial charge in [0.05, 0.1) is 0 Å². The van der Waals surface area contributed by atoms with Gasteiger partial charge in [-0.3, -0.25) is 24.0 Å². The first-order valence-electron chi connectivity index (χ1n) is 33.0. The molecule has 5 aliphatic rings. The van der Waals surface area contributed by atoms with Crippen LogP contribution >= 0.6 is 0 Å². The average Bonchev–Trinajstić information content (AvgIpc) is 1.65. The van der Waals surface area contributed by atoms with E-state index in [2.05, 4.69) is 9.44 Å². The first-order valence-corrected chi connectivity index (χ1v) is 40.2. The summed E-state index contributed by atoms with van der Waals surface area (Å²) in [4.78, 5) is 56.9. The fourth-order valence-corrected chi connectivity index (χ4v) is 18.5. The van der Waals surface area contributed by atoms with Crippen molar-refractivity contribution < 1.29 is 142 Å². The predicted molar refractivity (Wildman–Crippen MR) is 377 cm³/mol. The number of hydrogen-bond donors (Lipinski definition) is 23. The molecular formula is C49H108B5N15O30S5. The maximum atomic E-state index is 12.6. The first-order chi connectivity index (χ1) is 47.4. The monoisotopic (exact) mass is 1600 g/mol. The van der Waals surface area contributed by atoms with Crippen LogP contribution in [0.4, 0.5) is 0 Å². The van der Waals surface area contributed by atoms with Gasteiger partial charge in [-0.25, -0.2) is 14.6 Å². The zero-order valence-corrected chi connectivity index (χ0v) is 63.1. The molecule has 0 aromatic carbocycles. The molecule has 604 valence electrons. The zero-order valence-electron chi connectivity index (χ0n) is 59.0. The maximum Gasteiger partial charge on any atom is 0.451 e. The number of carboxylic acid groups (broad SMARTS) is 5. The van der Waals surface area contributed by atoms with E-state index in [0.717, 1.165) is 25.8 Å². The summed E-state index contributed by atoms with van der Waals surface area (Å²) in [5.41, 5.74) is 21.0. The van der Waals surface area contributed by atoms with E-state index in [9.17, 15) is 86.5 Å².